The van der Waals surface area contributed by atoms with Crippen molar-refractivity contribution in [3.63, 3.8) is 0 Å². The summed E-state index contributed by atoms with van der Waals surface area (Å²) in [6, 6.07) is 0. The van der Waals surface area contributed by atoms with Crippen LogP contribution in [0.25, 0.3) is 11.2 Å². The van der Waals surface area contributed by atoms with Crippen LogP contribution in [0.15, 0.2) is 15.7 Å². The van der Waals surface area contributed by atoms with Gasteiger partial charge in [-0.2, -0.15) is 0 Å². The highest BCUT2D eigenvalue weighted by molar-refractivity contribution is 6.07. The molecule has 8 heteroatoms. The molecule has 0 aromatic carbocycles. The summed E-state index contributed by atoms with van der Waals surface area (Å²) in [5.74, 6) is 0.347. The molecule has 0 aliphatic carbocycles. The zero-order chi connectivity index (χ0) is 11.7. The Morgan fingerprint density at radius 3 is 2.69 bits per heavy atom. The quantitative estimate of drug-likeness (QED) is 0.322. The lowest BCUT2D eigenvalue weighted by Gasteiger charge is -1.83. The predicted molar refractivity (Wildman–Crippen MR) is 51.9 cm³/mol. The Balaban J connectivity index is 2.74. The third-order valence-corrected chi connectivity index (χ3v) is 1.81. The summed E-state index contributed by atoms with van der Waals surface area (Å²) in [5, 5.41) is 0. The lowest BCUT2D eigenvalue weighted by Crippen LogP contribution is -2.21. The lowest BCUT2D eigenvalue weighted by atomic mass is 10.4. The molecule has 0 aliphatic heterocycles. The highest BCUT2D eigenvalue weighted by Crippen LogP contribution is 2.01. The molecule has 2 aromatic rings. The molecule has 0 amide bonds. The van der Waals surface area contributed by atoms with Gasteiger partial charge in [-0.3, -0.25) is 19.6 Å². The van der Waals surface area contributed by atoms with Crippen molar-refractivity contribution in [1.29, 1.82) is 0 Å². The van der Waals surface area contributed by atoms with E-state index >= 15 is 0 Å². The minimum Gasteiger partial charge on any atom is -0.329 e. The van der Waals surface area contributed by atoms with Crippen LogP contribution in [0.3, 0.4) is 0 Å². The molecule has 2 heterocycles. The van der Waals surface area contributed by atoms with Gasteiger partial charge in [0.2, 0.25) is 5.78 Å². The molecule has 2 rings (SSSR count). The number of nitrogens with zero attached hydrogens (tertiary/aromatic N) is 1. The minimum absolute atomic E-state index is 0.0396. The van der Waals surface area contributed by atoms with Crippen molar-refractivity contribution in [2.45, 2.75) is 0 Å². The SMILES string of the molecule is O=C=CC(=O)c1nc2[nH]c(=O)[nH]c(=O)c2[nH]1. The van der Waals surface area contributed by atoms with Crippen LogP contribution in [0.2, 0.25) is 0 Å². The molecular weight excluding hydrogens is 216 g/mol. The first-order chi connectivity index (χ1) is 7.61. The van der Waals surface area contributed by atoms with Crippen LogP contribution in [0.5, 0.6) is 0 Å². The summed E-state index contributed by atoms with van der Waals surface area (Å²) >= 11 is 0. The largest absolute Gasteiger partial charge is 0.329 e. The van der Waals surface area contributed by atoms with Gasteiger partial charge in [0, 0.05) is 0 Å². The number of aromatic nitrogens is 4. The number of carbonyl (C=O) groups excluding carboxylic acids is 2. The third kappa shape index (κ3) is 1.49. The Morgan fingerprint density at radius 1 is 1.25 bits per heavy atom. The fourth-order valence-electron chi connectivity index (χ4n) is 1.17. The standard InChI is InChI=1S/C8H4N4O4/c13-2-1-3(14)5-9-4-6(10-5)11-8(16)12-7(4)15/h1H,(H3,9,10,11,12,15,16). The van der Waals surface area contributed by atoms with Crippen molar-refractivity contribution in [2.75, 3.05) is 0 Å². The predicted octanol–water partition coefficient (Wildman–Crippen LogP) is -1.49. The maximum absolute atomic E-state index is 11.2. The Kier molecular flexibility index (Phi) is 2.11. The van der Waals surface area contributed by atoms with Gasteiger partial charge in [-0.05, 0) is 0 Å². The first kappa shape index (κ1) is 9.81. The van der Waals surface area contributed by atoms with Gasteiger partial charge in [0.05, 0.1) is 6.08 Å². The van der Waals surface area contributed by atoms with Gasteiger partial charge in [0.1, 0.15) is 11.5 Å². The van der Waals surface area contributed by atoms with Crippen molar-refractivity contribution in [3.8, 4) is 0 Å². The van der Waals surface area contributed by atoms with Crippen LogP contribution in [0.1, 0.15) is 10.6 Å². The molecule has 3 N–H and O–H groups in total. The number of allylic oxidation sites excluding steroid dienone is 1. The molecule has 0 atom stereocenters. The van der Waals surface area contributed by atoms with E-state index in [1.807, 2.05) is 4.98 Å². The van der Waals surface area contributed by atoms with Gasteiger partial charge < -0.3 is 4.98 Å². The van der Waals surface area contributed by atoms with Crippen molar-refractivity contribution < 1.29 is 9.59 Å². The van der Waals surface area contributed by atoms with Crippen LogP contribution in [-0.2, 0) is 4.79 Å². The van der Waals surface area contributed by atoms with Gasteiger partial charge in [-0.1, -0.05) is 0 Å². The van der Waals surface area contributed by atoms with Crippen LogP contribution >= 0.6 is 0 Å². The number of hydrogen-bond donors (Lipinski definition) is 3. The Labute approximate surface area is 86.0 Å². The minimum atomic E-state index is -0.730. The number of hydrogen-bond acceptors (Lipinski definition) is 5. The van der Waals surface area contributed by atoms with Crippen molar-refractivity contribution in [2.24, 2.45) is 0 Å². The summed E-state index contributed by atoms with van der Waals surface area (Å²) in [7, 11) is 0. The number of ketones is 1. The molecule has 2 aromatic heterocycles. The second-order valence-corrected chi connectivity index (χ2v) is 2.84. The van der Waals surface area contributed by atoms with E-state index in [2.05, 4.69) is 15.0 Å². The topological polar surface area (TPSA) is 129 Å². The summed E-state index contributed by atoms with van der Waals surface area (Å²) < 4.78 is 0. The normalized spacial score (nSPS) is 10.0. The average Bonchev–Trinajstić information content (AvgIpc) is 2.62. The van der Waals surface area contributed by atoms with Crippen molar-refractivity contribution in [1.82, 2.24) is 19.9 Å². The second-order valence-electron chi connectivity index (χ2n) is 2.84. The molecule has 0 saturated heterocycles. The van der Waals surface area contributed by atoms with Crippen LogP contribution in [0, 0.1) is 0 Å². The molecule has 0 unspecified atom stereocenters. The molecule has 0 aliphatic rings. The van der Waals surface area contributed by atoms with Crippen molar-refractivity contribution in [3.05, 3.63) is 32.7 Å². The number of aromatic amines is 3. The zero-order valence-corrected chi connectivity index (χ0v) is 7.66. The number of nitrogens with one attached hydrogen (secondary N) is 3. The van der Waals surface area contributed by atoms with Gasteiger partial charge in [-0.25, -0.2) is 14.6 Å². The fraction of sp³-hybridized carbons (Fsp3) is 0. The Bertz CT molecular complexity index is 728. The average molecular weight is 220 g/mol. The number of rotatable bonds is 2. The molecule has 0 bridgehead atoms. The van der Waals surface area contributed by atoms with Gasteiger partial charge in [0.25, 0.3) is 5.56 Å². The summed E-state index contributed by atoms with van der Waals surface area (Å²) in [6.07, 6.45) is 0.629. The van der Waals surface area contributed by atoms with E-state index < -0.39 is 17.0 Å². The van der Waals surface area contributed by atoms with E-state index in [0.717, 1.165) is 0 Å². The lowest BCUT2D eigenvalue weighted by molar-refractivity contribution is 0.104. The number of fused-ring (bicyclic) bond motifs is 1. The molecule has 16 heavy (non-hydrogen) atoms. The smallest absolute Gasteiger partial charge is 0.327 e. The maximum Gasteiger partial charge on any atom is 0.327 e. The molecule has 0 fully saturated rings. The van der Waals surface area contributed by atoms with Gasteiger partial charge in [-0.15, -0.1) is 0 Å². The van der Waals surface area contributed by atoms with Gasteiger partial charge >= 0.3 is 5.69 Å². The van der Waals surface area contributed by atoms with Crippen LogP contribution in [0.4, 0.5) is 0 Å². The van der Waals surface area contributed by atoms with E-state index in [9.17, 15) is 19.2 Å². The van der Waals surface area contributed by atoms with E-state index in [-0.39, 0.29) is 17.0 Å². The van der Waals surface area contributed by atoms with Gasteiger partial charge in [0.15, 0.2) is 11.5 Å². The molecule has 80 valence electrons. The maximum atomic E-state index is 11.2. The number of carbonyl (C=O) groups is 1. The monoisotopic (exact) mass is 220 g/mol. The fourth-order valence-corrected chi connectivity index (χ4v) is 1.17. The van der Waals surface area contributed by atoms with E-state index in [1.54, 1.807) is 0 Å². The summed E-state index contributed by atoms with van der Waals surface area (Å²) in [5.41, 5.74) is -1.51. The van der Waals surface area contributed by atoms with E-state index in [4.69, 9.17) is 0 Å². The molecule has 0 saturated carbocycles. The third-order valence-electron chi connectivity index (χ3n) is 1.81. The first-order valence-electron chi connectivity index (χ1n) is 4.09. The Morgan fingerprint density at radius 2 is 2.00 bits per heavy atom. The molecule has 0 spiro atoms. The van der Waals surface area contributed by atoms with Crippen molar-refractivity contribution >= 4 is 22.9 Å². The van der Waals surface area contributed by atoms with E-state index in [1.165, 1.54) is 5.94 Å². The molecular formula is C8H4N4O4. The van der Waals surface area contributed by atoms with Crippen LogP contribution < -0.4 is 11.2 Å². The summed E-state index contributed by atoms with van der Waals surface area (Å²) in [4.78, 5) is 53.5. The highest BCUT2D eigenvalue weighted by Gasteiger charge is 2.11. The summed E-state index contributed by atoms with van der Waals surface area (Å²) in [6.45, 7) is 0. The van der Waals surface area contributed by atoms with E-state index in [0.29, 0.717) is 6.08 Å². The molecule has 0 radical (unpaired) electrons. The number of imidazole rings is 1. The number of H-pyrrole nitrogens is 3. The van der Waals surface area contributed by atoms with Crippen LogP contribution in [-0.4, -0.2) is 31.7 Å². The zero-order valence-electron chi connectivity index (χ0n) is 7.66. The highest BCUT2D eigenvalue weighted by atomic mass is 16.2. The second kappa shape index (κ2) is 3.44. The molecule has 8 nitrogen and oxygen atoms in total. The first-order valence-corrected chi connectivity index (χ1v) is 4.09. The Hall–Kier alpha value is -2.73.